The van der Waals surface area contributed by atoms with Crippen LogP contribution in [0.25, 0.3) is 0 Å². The highest BCUT2D eigenvalue weighted by atomic mass is 32.1. The first kappa shape index (κ1) is 10.2. The lowest BCUT2D eigenvalue weighted by Gasteiger charge is -1.98. The lowest BCUT2D eigenvalue weighted by atomic mass is 10.2. The zero-order valence-corrected chi connectivity index (χ0v) is 7.50. The third-order valence-corrected chi connectivity index (χ3v) is 2.24. The van der Waals surface area contributed by atoms with Crippen LogP contribution in [0, 0.1) is 0 Å². The van der Waals surface area contributed by atoms with Gasteiger partial charge in [0.15, 0.2) is 10.8 Å². The Morgan fingerprint density at radius 2 is 2.23 bits per heavy atom. The molecule has 0 spiro atoms. The van der Waals surface area contributed by atoms with Gasteiger partial charge in [-0.1, -0.05) is 6.92 Å². The Kier molecular flexibility index (Phi) is 2.70. The molecule has 0 atom stereocenters. The van der Waals surface area contributed by atoms with E-state index in [4.69, 9.17) is 0 Å². The molecule has 0 aromatic carbocycles. The van der Waals surface area contributed by atoms with Gasteiger partial charge in [-0.05, 0) is 0 Å². The average Bonchev–Trinajstić information content (AvgIpc) is 2.50. The zero-order chi connectivity index (χ0) is 10.1. The van der Waals surface area contributed by atoms with Crippen LogP contribution in [0.5, 0.6) is 0 Å². The second-order valence-electron chi connectivity index (χ2n) is 2.31. The van der Waals surface area contributed by atoms with E-state index in [1.165, 1.54) is 0 Å². The van der Waals surface area contributed by atoms with Crippen molar-refractivity contribution in [2.24, 2.45) is 0 Å². The van der Waals surface area contributed by atoms with Crippen molar-refractivity contribution in [1.29, 1.82) is 0 Å². The molecule has 13 heavy (non-hydrogen) atoms. The quantitative estimate of drug-likeness (QED) is 0.701. The van der Waals surface area contributed by atoms with Crippen molar-refractivity contribution in [2.75, 3.05) is 0 Å². The van der Waals surface area contributed by atoms with Crippen molar-refractivity contribution >= 4 is 17.1 Å². The lowest BCUT2D eigenvalue weighted by molar-refractivity contribution is -0.137. The number of hydrogen-bond acceptors (Lipinski definition) is 3. The van der Waals surface area contributed by atoms with Crippen molar-refractivity contribution in [2.45, 2.75) is 19.5 Å². The Morgan fingerprint density at radius 3 is 2.62 bits per heavy atom. The van der Waals surface area contributed by atoms with E-state index >= 15 is 0 Å². The van der Waals surface area contributed by atoms with Gasteiger partial charge in [0.2, 0.25) is 0 Å². The minimum absolute atomic E-state index is 0.0974. The number of carbonyl (C=O) groups excluding carboxylic acids is 1. The number of Topliss-reactive ketones (excluding diaryl/α,β-unsaturated/α-hetero) is 1. The molecule has 2 nitrogen and oxygen atoms in total. The maximum atomic E-state index is 12.0. The second-order valence-corrected chi connectivity index (χ2v) is 3.17. The van der Waals surface area contributed by atoms with Crippen molar-refractivity contribution in [1.82, 2.24) is 4.98 Å². The fraction of sp³-hybridized carbons (Fsp3) is 0.429. The minimum atomic E-state index is -4.45. The molecule has 0 saturated heterocycles. The SMILES string of the molecule is CCC(=O)c1csc(C(F)(F)F)n1. The number of rotatable bonds is 2. The largest absolute Gasteiger partial charge is 0.443 e. The van der Waals surface area contributed by atoms with Crippen LogP contribution in [0.3, 0.4) is 0 Å². The molecule has 0 fully saturated rings. The summed E-state index contributed by atoms with van der Waals surface area (Å²) in [6.45, 7) is 1.58. The molecule has 0 amide bonds. The summed E-state index contributed by atoms with van der Waals surface area (Å²) in [6.07, 6.45) is -4.28. The highest BCUT2D eigenvalue weighted by molar-refractivity contribution is 7.09. The molecule has 0 aliphatic rings. The molecular weight excluding hydrogens is 203 g/mol. The first-order valence-corrected chi connectivity index (χ1v) is 4.39. The van der Waals surface area contributed by atoms with Crippen LogP contribution < -0.4 is 0 Å². The Labute approximate surface area is 76.4 Å². The van der Waals surface area contributed by atoms with Crippen LogP contribution in [-0.4, -0.2) is 10.8 Å². The van der Waals surface area contributed by atoms with Crippen LogP contribution in [0.1, 0.15) is 28.8 Å². The summed E-state index contributed by atoms with van der Waals surface area (Å²) in [4.78, 5) is 14.1. The van der Waals surface area contributed by atoms with E-state index in [0.29, 0.717) is 11.3 Å². The number of alkyl halides is 3. The summed E-state index contributed by atoms with van der Waals surface area (Å²) in [6, 6.07) is 0. The van der Waals surface area contributed by atoms with E-state index in [1.54, 1.807) is 6.92 Å². The molecule has 1 rings (SSSR count). The molecule has 6 heteroatoms. The zero-order valence-electron chi connectivity index (χ0n) is 6.68. The van der Waals surface area contributed by atoms with Gasteiger partial charge in [0.25, 0.3) is 0 Å². The maximum Gasteiger partial charge on any atom is 0.443 e. The number of halogens is 3. The predicted octanol–water partition coefficient (Wildman–Crippen LogP) is 2.75. The van der Waals surface area contributed by atoms with E-state index in [-0.39, 0.29) is 17.9 Å². The van der Waals surface area contributed by atoms with E-state index in [2.05, 4.69) is 4.98 Å². The van der Waals surface area contributed by atoms with Gasteiger partial charge in [-0.2, -0.15) is 13.2 Å². The lowest BCUT2D eigenvalue weighted by Crippen LogP contribution is -2.05. The van der Waals surface area contributed by atoms with Crippen LogP contribution in [0.2, 0.25) is 0 Å². The van der Waals surface area contributed by atoms with Crippen LogP contribution in [-0.2, 0) is 6.18 Å². The first-order chi connectivity index (χ1) is 5.95. The topological polar surface area (TPSA) is 30.0 Å². The Morgan fingerprint density at radius 1 is 1.62 bits per heavy atom. The van der Waals surface area contributed by atoms with Gasteiger partial charge in [-0.15, -0.1) is 11.3 Å². The summed E-state index contributed by atoms with van der Waals surface area (Å²) in [5, 5.41) is 0.165. The number of thiazole rings is 1. The van der Waals surface area contributed by atoms with Gasteiger partial charge in [-0.25, -0.2) is 4.98 Å². The van der Waals surface area contributed by atoms with E-state index in [0.717, 1.165) is 5.38 Å². The fourth-order valence-electron chi connectivity index (χ4n) is 0.713. The summed E-state index contributed by atoms with van der Waals surface area (Å²) < 4.78 is 36.0. The minimum Gasteiger partial charge on any atom is -0.292 e. The van der Waals surface area contributed by atoms with Crippen LogP contribution in [0.4, 0.5) is 13.2 Å². The summed E-state index contributed by atoms with van der Waals surface area (Å²) in [7, 11) is 0. The van der Waals surface area contributed by atoms with Gasteiger partial charge < -0.3 is 0 Å². The van der Waals surface area contributed by atoms with Gasteiger partial charge in [0.05, 0.1) is 0 Å². The number of carbonyl (C=O) groups is 1. The normalized spacial score (nSPS) is 11.7. The van der Waals surface area contributed by atoms with E-state index < -0.39 is 11.2 Å². The van der Waals surface area contributed by atoms with Crippen molar-refractivity contribution in [3.05, 3.63) is 16.1 Å². The maximum absolute atomic E-state index is 12.0. The van der Waals surface area contributed by atoms with Crippen molar-refractivity contribution < 1.29 is 18.0 Å². The number of ketones is 1. The summed E-state index contributed by atoms with van der Waals surface area (Å²) in [5.41, 5.74) is -0.0974. The van der Waals surface area contributed by atoms with E-state index in [1.807, 2.05) is 0 Å². The average molecular weight is 209 g/mol. The molecule has 1 aromatic rings. The standard InChI is InChI=1S/C7H6F3NOS/c1-2-5(12)4-3-13-6(11-4)7(8,9)10/h3H,2H2,1H3. The highest BCUT2D eigenvalue weighted by Crippen LogP contribution is 2.31. The molecule has 72 valence electrons. The monoisotopic (exact) mass is 209 g/mol. The fourth-order valence-corrected chi connectivity index (χ4v) is 1.41. The van der Waals surface area contributed by atoms with Crippen LogP contribution in [0.15, 0.2) is 5.38 Å². The Bertz CT molecular complexity index is 318. The second kappa shape index (κ2) is 3.45. The van der Waals surface area contributed by atoms with Crippen molar-refractivity contribution in [3.8, 4) is 0 Å². The van der Waals surface area contributed by atoms with E-state index in [9.17, 15) is 18.0 Å². The molecule has 0 saturated carbocycles. The smallest absolute Gasteiger partial charge is 0.292 e. The molecule has 0 unspecified atom stereocenters. The molecule has 0 aliphatic heterocycles. The van der Waals surface area contributed by atoms with Crippen molar-refractivity contribution in [3.63, 3.8) is 0 Å². The number of aromatic nitrogens is 1. The third kappa shape index (κ3) is 2.27. The molecule has 1 heterocycles. The van der Waals surface area contributed by atoms with Gasteiger partial charge in [0, 0.05) is 11.8 Å². The molecule has 0 N–H and O–H groups in total. The Hall–Kier alpha value is -0.910. The van der Waals surface area contributed by atoms with Gasteiger partial charge >= 0.3 is 6.18 Å². The summed E-state index contributed by atoms with van der Waals surface area (Å²) in [5.74, 6) is -0.369. The predicted molar refractivity (Wildman–Crippen MR) is 41.7 cm³/mol. The first-order valence-electron chi connectivity index (χ1n) is 3.51. The molecule has 0 radical (unpaired) electrons. The number of nitrogens with zero attached hydrogens (tertiary/aromatic N) is 1. The third-order valence-electron chi connectivity index (χ3n) is 1.35. The molecule has 0 bridgehead atoms. The molecule has 0 aliphatic carbocycles. The van der Waals surface area contributed by atoms with Crippen LogP contribution >= 0.6 is 11.3 Å². The van der Waals surface area contributed by atoms with Gasteiger partial charge in [0.1, 0.15) is 5.69 Å². The molecular formula is C7H6F3NOS. The molecule has 1 aromatic heterocycles. The number of hydrogen-bond donors (Lipinski definition) is 0. The Balaban J connectivity index is 2.93. The van der Waals surface area contributed by atoms with Gasteiger partial charge in [-0.3, -0.25) is 4.79 Å². The summed E-state index contributed by atoms with van der Waals surface area (Å²) >= 11 is 0.443. The highest BCUT2D eigenvalue weighted by Gasteiger charge is 2.34.